The Kier molecular flexibility index (Phi) is 7.81. The number of nitrogens with one attached hydrogen (secondary N) is 1. The number of benzene rings is 2. The van der Waals surface area contributed by atoms with Crippen LogP contribution in [0.5, 0.6) is 5.75 Å². The van der Waals surface area contributed by atoms with Gasteiger partial charge in [0, 0.05) is 25.2 Å². The minimum Gasteiger partial charge on any atom is -0.495 e. The lowest BCUT2D eigenvalue weighted by Crippen LogP contribution is -2.44. The van der Waals surface area contributed by atoms with E-state index in [2.05, 4.69) is 5.32 Å². The van der Waals surface area contributed by atoms with E-state index in [4.69, 9.17) is 4.74 Å². The van der Waals surface area contributed by atoms with E-state index in [1.807, 2.05) is 30.3 Å². The van der Waals surface area contributed by atoms with Crippen LogP contribution in [0.25, 0.3) is 0 Å². The van der Waals surface area contributed by atoms with Crippen molar-refractivity contribution in [3.63, 3.8) is 0 Å². The van der Waals surface area contributed by atoms with Crippen molar-refractivity contribution in [2.45, 2.75) is 25.7 Å². The van der Waals surface area contributed by atoms with Crippen molar-refractivity contribution in [2.24, 2.45) is 5.92 Å². The van der Waals surface area contributed by atoms with Gasteiger partial charge in [-0.2, -0.15) is 0 Å². The molecular formula is C22H27N3O6S. The van der Waals surface area contributed by atoms with Gasteiger partial charge in [0.25, 0.3) is 5.69 Å². The summed E-state index contributed by atoms with van der Waals surface area (Å²) in [5.41, 5.74) is 1.10. The highest BCUT2D eigenvalue weighted by Gasteiger charge is 2.32. The van der Waals surface area contributed by atoms with E-state index in [-0.39, 0.29) is 29.6 Å². The number of methoxy groups -OCH3 is 1. The highest BCUT2D eigenvalue weighted by atomic mass is 32.2. The fourth-order valence-corrected chi connectivity index (χ4v) is 5.37. The molecule has 1 aliphatic rings. The zero-order valence-corrected chi connectivity index (χ0v) is 18.7. The molecule has 172 valence electrons. The zero-order valence-electron chi connectivity index (χ0n) is 17.9. The molecule has 1 saturated heterocycles. The molecule has 1 N–H and O–H groups in total. The molecule has 0 aromatic heterocycles. The molecule has 1 atom stereocenters. The molecule has 0 radical (unpaired) electrons. The van der Waals surface area contributed by atoms with Crippen LogP contribution in [0.3, 0.4) is 0 Å². The standard InChI is InChI=1S/C22H27N3O6S/c1-31-21-12-11-19(25(27)28)15-20(21)23-22(26)18-10-5-13-24(16-18)32(29,30)14-6-9-17-7-3-2-4-8-17/h2-4,7-8,11-12,15,18H,5-6,9-10,13-14,16H2,1H3,(H,23,26). The Balaban J connectivity index is 1.62. The van der Waals surface area contributed by atoms with Crippen LogP contribution in [0.1, 0.15) is 24.8 Å². The number of rotatable bonds is 9. The minimum absolute atomic E-state index is 0.0228. The second-order valence-electron chi connectivity index (χ2n) is 7.73. The number of carbonyl (C=O) groups excluding carboxylic acids is 1. The number of hydrogen-bond donors (Lipinski definition) is 1. The molecule has 0 spiro atoms. The predicted molar refractivity (Wildman–Crippen MR) is 121 cm³/mol. The molecule has 1 heterocycles. The number of non-ortho nitro benzene ring substituents is 1. The Hall–Kier alpha value is -2.98. The lowest BCUT2D eigenvalue weighted by molar-refractivity contribution is -0.384. The molecule has 0 aliphatic carbocycles. The largest absolute Gasteiger partial charge is 0.495 e. The molecule has 1 amide bonds. The van der Waals surface area contributed by atoms with E-state index in [0.29, 0.717) is 38.0 Å². The summed E-state index contributed by atoms with van der Waals surface area (Å²) in [6, 6.07) is 13.6. The summed E-state index contributed by atoms with van der Waals surface area (Å²) in [4.78, 5) is 23.3. The smallest absolute Gasteiger partial charge is 0.271 e. The van der Waals surface area contributed by atoms with Crippen LogP contribution in [0, 0.1) is 16.0 Å². The van der Waals surface area contributed by atoms with Crippen molar-refractivity contribution in [3.05, 3.63) is 64.2 Å². The average Bonchev–Trinajstić information content (AvgIpc) is 2.79. The van der Waals surface area contributed by atoms with Gasteiger partial charge in [0.05, 0.1) is 29.4 Å². The molecule has 1 unspecified atom stereocenters. The highest BCUT2D eigenvalue weighted by molar-refractivity contribution is 7.89. The number of amides is 1. The summed E-state index contributed by atoms with van der Waals surface area (Å²) in [5.74, 6) is -0.607. The van der Waals surface area contributed by atoms with Crippen molar-refractivity contribution < 1.29 is 22.9 Å². The first-order chi connectivity index (χ1) is 15.3. The summed E-state index contributed by atoms with van der Waals surface area (Å²) in [6.45, 7) is 0.480. The zero-order chi connectivity index (χ0) is 23.1. The topological polar surface area (TPSA) is 119 Å². The van der Waals surface area contributed by atoms with E-state index in [9.17, 15) is 23.3 Å². The van der Waals surface area contributed by atoms with Crippen molar-refractivity contribution in [1.29, 1.82) is 0 Å². The maximum absolute atomic E-state index is 12.8. The van der Waals surface area contributed by atoms with E-state index < -0.39 is 20.9 Å². The predicted octanol–water partition coefficient (Wildman–Crippen LogP) is 3.22. The Morgan fingerprint density at radius 2 is 2.00 bits per heavy atom. The molecule has 2 aromatic rings. The first-order valence-corrected chi connectivity index (χ1v) is 12.1. The maximum Gasteiger partial charge on any atom is 0.271 e. The van der Waals surface area contributed by atoms with Crippen LogP contribution in [0.15, 0.2) is 48.5 Å². The van der Waals surface area contributed by atoms with Crippen LogP contribution in [-0.4, -0.2) is 49.5 Å². The van der Waals surface area contributed by atoms with Crippen LogP contribution in [0.4, 0.5) is 11.4 Å². The van der Waals surface area contributed by atoms with Gasteiger partial charge in [-0.15, -0.1) is 0 Å². The number of ether oxygens (including phenoxy) is 1. The number of carbonyl (C=O) groups is 1. The molecule has 32 heavy (non-hydrogen) atoms. The molecule has 1 fully saturated rings. The summed E-state index contributed by atoms with van der Waals surface area (Å²) >= 11 is 0. The number of sulfonamides is 1. The lowest BCUT2D eigenvalue weighted by atomic mass is 9.98. The normalized spacial score (nSPS) is 17.0. The van der Waals surface area contributed by atoms with Crippen LogP contribution in [0.2, 0.25) is 0 Å². The van der Waals surface area contributed by atoms with E-state index in [1.54, 1.807) is 0 Å². The van der Waals surface area contributed by atoms with Gasteiger partial charge in [-0.05, 0) is 37.3 Å². The van der Waals surface area contributed by atoms with Crippen LogP contribution >= 0.6 is 0 Å². The van der Waals surface area contributed by atoms with Crippen LogP contribution in [-0.2, 0) is 21.2 Å². The van der Waals surface area contributed by atoms with Gasteiger partial charge in [0.15, 0.2) is 0 Å². The third kappa shape index (κ3) is 6.04. The number of nitro benzene ring substituents is 1. The van der Waals surface area contributed by atoms with Gasteiger partial charge in [-0.3, -0.25) is 14.9 Å². The average molecular weight is 462 g/mol. The summed E-state index contributed by atoms with van der Waals surface area (Å²) in [5, 5.41) is 13.7. The minimum atomic E-state index is -3.48. The van der Waals surface area contributed by atoms with Gasteiger partial charge >= 0.3 is 0 Å². The maximum atomic E-state index is 12.8. The number of hydrogen-bond acceptors (Lipinski definition) is 6. The first kappa shape index (κ1) is 23.7. The molecule has 0 saturated carbocycles. The number of anilines is 1. The van der Waals surface area contributed by atoms with Gasteiger partial charge < -0.3 is 10.1 Å². The monoisotopic (exact) mass is 461 g/mol. The van der Waals surface area contributed by atoms with Crippen molar-refractivity contribution in [2.75, 3.05) is 31.3 Å². The fourth-order valence-electron chi connectivity index (χ4n) is 3.78. The molecule has 3 rings (SSSR count). The third-order valence-corrected chi connectivity index (χ3v) is 7.43. The number of nitrogens with zero attached hydrogens (tertiary/aromatic N) is 2. The van der Waals surface area contributed by atoms with E-state index >= 15 is 0 Å². The molecular weight excluding hydrogens is 434 g/mol. The Bertz CT molecular complexity index is 1060. The number of nitro groups is 1. The van der Waals surface area contributed by atoms with Crippen molar-refractivity contribution >= 4 is 27.3 Å². The van der Waals surface area contributed by atoms with Crippen molar-refractivity contribution in [3.8, 4) is 5.75 Å². The SMILES string of the molecule is COc1ccc([N+](=O)[O-])cc1NC(=O)C1CCCN(S(=O)(=O)CCCc2ccccc2)C1. The Morgan fingerprint density at radius 3 is 2.69 bits per heavy atom. The second-order valence-corrected chi connectivity index (χ2v) is 9.82. The number of piperidine rings is 1. The Morgan fingerprint density at radius 1 is 1.25 bits per heavy atom. The van der Waals surface area contributed by atoms with Gasteiger partial charge in [-0.1, -0.05) is 30.3 Å². The van der Waals surface area contributed by atoms with Crippen LogP contribution < -0.4 is 10.1 Å². The van der Waals surface area contributed by atoms with Crippen molar-refractivity contribution in [1.82, 2.24) is 4.31 Å². The third-order valence-electron chi connectivity index (χ3n) is 5.51. The molecule has 0 bridgehead atoms. The van der Waals surface area contributed by atoms with Gasteiger partial charge in [-0.25, -0.2) is 12.7 Å². The van der Waals surface area contributed by atoms with Gasteiger partial charge in [0.1, 0.15) is 5.75 Å². The summed E-state index contributed by atoms with van der Waals surface area (Å²) in [6.07, 6.45) is 2.29. The second kappa shape index (κ2) is 10.6. The lowest BCUT2D eigenvalue weighted by Gasteiger charge is -2.31. The van der Waals surface area contributed by atoms with Gasteiger partial charge in [0.2, 0.25) is 15.9 Å². The summed E-state index contributed by atoms with van der Waals surface area (Å²) < 4.78 is 32.2. The molecule has 2 aromatic carbocycles. The molecule has 1 aliphatic heterocycles. The van der Waals surface area contributed by atoms with E-state index in [0.717, 1.165) is 5.56 Å². The molecule has 10 heteroatoms. The molecule has 9 nitrogen and oxygen atoms in total. The first-order valence-electron chi connectivity index (χ1n) is 10.4. The highest BCUT2D eigenvalue weighted by Crippen LogP contribution is 2.30. The number of aryl methyl sites for hydroxylation is 1. The van der Waals surface area contributed by atoms with E-state index in [1.165, 1.54) is 29.6 Å². The Labute approximate surface area is 187 Å². The summed E-state index contributed by atoms with van der Waals surface area (Å²) in [7, 11) is -2.08. The quantitative estimate of drug-likeness (QED) is 0.452. The fraction of sp³-hybridized carbons (Fsp3) is 0.409.